The summed E-state index contributed by atoms with van der Waals surface area (Å²) in [5, 5.41) is 1.15. The van der Waals surface area contributed by atoms with Gasteiger partial charge in [0.2, 0.25) is 0 Å². The highest BCUT2D eigenvalue weighted by Crippen LogP contribution is 2.38. The molecule has 3 nitrogen and oxygen atoms in total. The van der Waals surface area contributed by atoms with E-state index in [9.17, 15) is 0 Å². The maximum absolute atomic E-state index is 6.08. The molecule has 0 spiro atoms. The van der Waals surface area contributed by atoms with Crippen LogP contribution in [0.25, 0.3) is 11.0 Å². The molecule has 20 heavy (non-hydrogen) atoms. The van der Waals surface area contributed by atoms with E-state index in [1.54, 1.807) is 0 Å². The van der Waals surface area contributed by atoms with Crippen LogP contribution in [0.5, 0.6) is 0 Å². The molecule has 3 rings (SSSR count). The SMILES string of the molecule is Cc1oc2ccccc2c1CB1OC(C)(C)C(C)(C)O1. The number of para-hydroxylation sites is 1. The Morgan fingerprint density at radius 2 is 1.60 bits per heavy atom. The molecule has 1 aliphatic heterocycles. The minimum atomic E-state index is -0.287. The zero-order valence-electron chi connectivity index (χ0n) is 12.8. The van der Waals surface area contributed by atoms with Gasteiger partial charge in [0, 0.05) is 11.7 Å². The lowest BCUT2D eigenvalue weighted by atomic mass is 9.80. The number of rotatable bonds is 2. The normalized spacial score (nSPS) is 20.8. The van der Waals surface area contributed by atoms with Crippen LogP contribution in [-0.4, -0.2) is 18.3 Å². The average Bonchev–Trinajstić information content (AvgIpc) is 2.75. The molecule has 106 valence electrons. The monoisotopic (exact) mass is 272 g/mol. The first-order valence-corrected chi connectivity index (χ1v) is 7.13. The van der Waals surface area contributed by atoms with Crippen molar-refractivity contribution >= 4 is 18.1 Å². The molecule has 0 radical (unpaired) electrons. The highest BCUT2D eigenvalue weighted by atomic mass is 16.7. The van der Waals surface area contributed by atoms with Crippen LogP contribution in [0.2, 0.25) is 0 Å². The quantitative estimate of drug-likeness (QED) is 0.776. The largest absolute Gasteiger partial charge is 0.462 e. The summed E-state index contributed by atoms with van der Waals surface area (Å²) in [6.07, 6.45) is 0.718. The van der Waals surface area contributed by atoms with E-state index >= 15 is 0 Å². The van der Waals surface area contributed by atoms with E-state index in [2.05, 4.69) is 33.8 Å². The van der Waals surface area contributed by atoms with Crippen molar-refractivity contribution in [1.82, 2.24) is 0 Å². The van der Waals surface area contributed by atoms with Crippen LogP contribution in [0, 0.1) is 6.92 Å². The van der Waals surface area contributed by atoms with Crippen LogP contribution >= 0.6 is 0 Å². The van der Waals surface area contributed by atoms with Gasteiger partial charge in [-0.3, -0.25) is 0 Å². The van der Waals surface area contributed by atoms with Crippen molar-refractivity contribution in [3.05, 3.63) is 35.6 Å². The van der Waals surface area contributed by atoms with Crippen molar-refractivity contribution in [2.45, 2.75) is 52.1 Å². The van der Waals surface area contributed by atoms with Crippen molar-refractivity contribution < 1.29 is 13.7 Å². The van der Waals surface area contributed by atoms with Gasteiger partial charge in [-0.2, -0.15) is 0 Å². The summed E-state index contributed by atoms with van der Waals surface area (Å²) in [5.41, 5.74) is 1.53. The van der Waals surface area contributed by atoms with Gasteiger partial charge in [-0.15, -0.1) is 0 Å². The van der Waals surface area contributed by atoms with Crippen molar-refractivity contribution in [3.63, 3.8) is 0 Å². The molecule has 2 heterocycles. The lowest BCUT2D eigenvalue weighted by Gasteiger charge is -2.32. The first-order chi connectivity index (χ1) is 9.30. The Balaban J connectivity index is 1.90. The Morgan fingerprint density at radius 3 is 2.25 bits per heavy atom. The smallest absolute Gasteiger partial charge is 0.461 e. The standard InChI is InChI=1S/C16H21BO3/c1-11-13(12-8-6-7-9-14(12)18-11)10-17-19-15(2,3)16(4,5)20-17/h6-9H,10H2,1-5H3. The molecule has 0 aliphatic carbocycles. The third-order valence-electron chi connectivity index (χ3n) is 4.57. The molecule has 2 aromatic rings. The van der Waals surface area contributed by atoms with E-state index in [0.29, 0.717) is 0 Å². The van der Waals surface area contributed by atoms with Gasteiger partial charge >= 0.3 is 7.12 Å². The predicted molar refractivity (Wildman–Crippen MR) is 80.7 cm³/mol. The van der Waals surface area contributed by atoms with E-state index in [4.69, 9.17) is 13.7 Å². The highest BCUT2D eigenvalue weighted by molar-refractivity contribution is 6.45. The molecule has 0 amide bonds. The molecule has 0 atom stereocenters. The van der Waals surface area contributed by atoms with E-state index in [1.807, 2.05) is 25.1 Å². The molecule has 0 unspecified atom stereocenters. The Kier molecular flexibility index (Phi) is 3.00. The molecule has 1 aromatic heterocycles. The minimum Gasteiger partial charge on any atom is -0.461 e. The van der Waals surface area contributed by atoms with Crippen LogP contribution in [-0.2, 0) is 15.6 Å². The summed E-state index contributed by atoms with van der Waals surface area (Å²) in [6.45, 7) is 10.3. The lowest BCUT2D eigenvalue weighted by molar-refractivity contribution is 0.00578. The number of aryl methyl sites for hydroxylation is 1. The zero-order chi connectivity index (χ0) is 14.5. The summed E-state index contributed by atoms with van der Waals surface area (Å²) in [6, 6.07) is 8.11. The molecule has 1 aromatic carbocycles. The number of hydrogen-bond donors (Lipinski definition) is 0. The molecule has 0 bridgehead atoms. The van der Waals surface area contributed by atoms with Crippen LogP contribution < -0.4 is 0 Å². The maximum atomic E-state index is 6.08. The van der Waals surface area contributed by atoms with E-state index in [-0.39, 0.29) is 18.3 Å². The van der Waals surface area contributed by atoms with Gasteiger partial charge in [0.25, 0.3) is 0 Å². The van der Waals surface area contributed by atoms with Crippen LogP contribution in [0.1, 0.15) is 39.0 Å². The summed E-state index contributed by atoms with van der Waals surface area (Å²) in [5.74, 6) is 0.945. The fourth-order valence-electron chi connectivity index (χ4n) is 2.69. The van der Waals surface area contributed by atoms with Gasteiger partial charge < -0.3 is 13.7 Å². The third-order valence-corrected chi connectivity index (χ3v) is 4.57. The maximum Gasteiger partial charge on any atom is 0.462 e. The Morgan fingerprint density at radius 1 is 1.00 bits per heavy atom. The minimum absolute atomic E-state index is 0.222. The molecular weight excluding hydrogens is 251 g/mol. The number of benzene rings is 1. The molecule has 0 N–H and O–H groups in total. The van der Waals surface area contributed by atoms with Gasteiger partial charge in [-0.05, 0) is 46.2 Å². The van der Waals surface area contributed by atoms with Gasteiger partial charge in [-0.1, -0.05) is 18.2 Å². The van der Waals surface area contributed by atoms with Gasteiger partial charge in [-0.25, -0.2) is 0 Å². The number of hydrogen-bond acceptors (Lipinski definition) is 3. The summed E-state index contributed by atoms with van der Waals surface area (Å²) < 4.78 is 18.0. The van der Waals surface area contributed by atoms with Crippen molar-refractivity contribution in [2.75, 3.05) is 0 Å². The molecule has 1 aliphatic rings. The fraction of sp³-hybridized carbons (Fsp3) is 0.500. The summed E-state index contributed by atoms with van der Waals surface area (Å²) in [4.78, 5) is 0. The van der Waals surface area contributed by atoms with E-state index in [1.165, 1.54) is 5.56 Å². The van der Waals surface area contributed by atoms with Crippen LogP contribution in [0.15, 0.2) is 28.7 Å². The fourth-order valence-corrected chi connectivity index (χ4v) is 2.69. The molecule has 1 fully saturated rings. The summed E-state index contributed by atoms with van der Waals surface area (Å²) in [7, 11) is -0.222. The van der Waals surface area contributed by atoms with Gasteiger partial charge in [0.15, 0.2) is 0 Å². The number of furan rings is 1. The van der Waals surface area contributed by atoms with Crippen LogP contribution in [0.3, 0.4) is 0 Å². The van der Waals surface area contributed by atoms with Gasteiger partial charge in [0.1, 0.15) is 11.3 Å². The van der Waals surface area contributed by atoms with Crippen LogP contribution in [0.4, 0.5) is 0 Å². The molecule has 4 heteroatoms. The van der Waals surface area contributed by atoms with E-state index in [0.717, 1.165) is 23.0 Å². The first-order valence-electron chi connectivity index (χ1n) is 7.13. The second kappa shape index (κ2) is 4.37. The third kappa shape index (κ3) is 2.07. The van der Waals surface area contributed by atoms with Crippen molar-refractivity contribution in [2.24, 2.45) is 0 Å². The molecule has 0 saturated carbocycles. The highest BCUT2D eigenvalue weighted by Gasteiger charge is 2.51. The first kappa shape index (κ1) is 13.7. The Labute approximate surface area is 120 Å². The predicted octanol–water partition coefficient (Wildman–Crippen LogP) is 3.92. The van der Waals surface area contributed by atoms with Gasteiger partial charge in [0.05, 0.1) is 11.2 Å². The Bertz CT molecular complexity index is 626. The second-order valence-electron chi connectivity index (χ2n) is 6.52. The molecule has 1 saturated heterocycles. The zero-order valence-corrected chi connectivity index (χ0v) is 12.8. The average molecular weight is 272 g/mol. The second-order valence-corrected chi connectivity index (χ2v) is 6.52. The summed E-state index contributed by atoms with van der Waals surface area (Å²) >= 11 is 0. The lowest BCUT2D eigenvalue weighted by Crippen LogP contribution is -2.41. The van der Waals surface area contributed by atoms with Crippen molar-refractivity contribution in [3.8, 4) is 0 Å². The number of fused-ring (bicyclic) bond motifs is 1. The topological polar surface area (TPSA) is 31.6 Å². The van der Waals surface area contributed by atoms with Crippen molar-refractivity contribution in [1.29, 1.82) is 0 Å². The Hall–Kier alpha value is -1.26. The van der Waals surface area contributed by atoms with E-state index < -0.39 is 0 Å². The molecular formula is C16H21BO3.